The first-order valence-corrected chi connectivity index (χ1v) is 14.8. The highest BCUT2D eigenvalue weighted by Gasteiger charge is 2.14. The second-order valence-electron chi connectivity index (χ2n) is 10.3. The molecule has 1 aromatic rings. The first-order chi connectivity index (χ1) is 17.1. The topological polar surface area (TPSA) is 63.6 Å². The van der Waals surface area contributed by atoms with E-state index in [1.165, 1.54) is 28.7 Å². The van der Waals surface area contributed by atoms with Gasteiger partial charge in [0.2, 0.25) is 0 Å². The molecule has 0 spiro atoms. The monoisotopic (exact) mass is 514 g/mol. The van der Waals surface area contributed by atoms with Gasteiger partial charge in [0.15, 0.2) is 0 Å². The molecule has 0 bridgehead atoms. The Bertz CT molecular complexity index is 1070. The van der Waals surface area contributed by atoms with Gasteiger partial charge in [0.05, 0.1) is 11.5 Å². The Hall–Kier alpha value is -1.95. The predicted molar refractivity (Wildman–Crippen MR) is 150 cm³/mol. The molecular weight excluding hydrogens is 468 g/mol. The lowest BCUT2D eigenvalue weighted by molar-refractivity contribution is 0.284. The summed E-state index contributed by atoms with van der Waals surface area (Å²) in [5, 5.41) is 8.66. The smallest absolute Gasteiger partial charge is 0.296 e. The number of unbranched alkanes of at least 4 members (excludes halogenated alkanes) is 2. The summed E-state index contributed by atoms with van der Waals surface area (Å²) in [7, 11) is -3.62. The van der Waals surface area contributed by atoms with Crippen molar-refractivity contribution in [2.24, 2.45) is 0 Å². The van der Waals surface area contributed by atoms with Crippen LogP contribution in [0.15, 0.2) is 74.8 Å². The van der Waals surface area contributed by atoms with Crippen LogP contribution in [-0.4, -0.2) is 26.7 Å². The van der Waals surface area contributed by atoms with Crippen LogP contribution in [0.2, 0.25) is 0 Å². The van der Waals surface area contributed by atoms with Gasteiger partial charge >= 0.3 is 0 Å². The van der Waals surface area contributed by atoms with Crippen molar-refractivity contribution in [1.29, 1.82) is 0 Å². The summed E-state index contributed by atoms with van der Waals surface area (Å²) in [6.07, 6.45) is 15.1. The van der Waals surface area contributed by atoms with Crippen molar-refractivity contribution in [1.82, 2.24) is 0 Å². The van der Waals surface area contributed by atoms with E-state index in [4.69, 9.17) is 9.29 Å². The molecular formula is C31H46O4S. The van der Waals surface area contributed by atoms with Crippen LogP contribution >= 0.6 is 0 Å². The molecule has 0 aromatic heterocycles. The Morgan fingerprint density at radius 1 is 0.722 bits per heavy atom. The number of hydrogen-bond donors (Lipinski definition) is 1. The predicted octanol–water partition coefficient (Wildman–Crippen LogP) is 8.13. The minimum Gasteiger partial charge on any atom is -0.396 e. The van der Waals surface area contributed by atoms with Gasteiger partial charge in [-0.25, -0.2) is 0 Å². The molecule has 0 amide bonds. The highest BCUT2D eigenvalue weighted by atomic mass is 32.2. The van der Waals surface area contributed by atoms with Gasteiger partial charge in [-0.15, -0.1) is 0 Å². The fourth-order valence-electron chi connectivity index (χ4n) is 4.31. The SMILES string of the molecule is CC1=C(C)CC(CCCCO)=CC1.CC1=C(C)CC(CCCCOS(=O)(=O)c2ccc(C)cc2)=CC1. The number of aliphatic hydroxyl groups is 1. The minimum atomic E-state index is -3.62. The van der Waals surface area contributed by atoms with Crippen molar-refractivity contribution in [3.05, 3.63) is 75.4 Å². The molecule has 1 aromatic carbocycles. The van der Waals surface area contributed by atoms with Crippen molar-refractivity contribution < 1.29 is 17.7 Å². The Morgan fingerprint density at radius 2 is 1.22 bits per heavy atom. The number of allylic oxidation sites excluding steroid dienone is 8. The maximum absolute atomic E-state index is 12.0. The third-order valence-corrected chi connectivity index (χ3v) is 8.51. The summed E-state index contributed by atoms with van der Waals surface area (Å²) in [6.45, 7) is 11.3. The highest BCUT2D eigenvalue weighted by Crippen LogP contribution is 2.28. The van der Waals surface area contributed by atoms with Crippen LogP contribution in [0, 0.1) is 6.92 Å². The Kier molecular flexibility index (Phi) is 12.9. The van der Waals surface area contributed by atoms with E-state index in [0.29, 0.717) is 6.61 Å². The fourth-order valence-corrected chi connectivity index (χ4v) is 5.25. The Morgan fingerprint density at radius 3 is 1.69 bits per heavy atom. The number of aryl methyl sites for hydroxylation is 1. The van der Waals surface area contributed by atoms with E-state index in [9.17, 15) is 8.42 Å². The lowest BCUT2D eigenvalue weighted by atomic mass is 9.91. The second kappa shape index (κ2) is 15.3. The molecule has 0 unspecified atom stereocenters. The fraction of sp³-hybridized carbons (Fsp3) is 0.548. The zero-order valence-electron chi connectivity index (χ0n) is 23.0. The number of hydrogen-bond acceptors (Lipinski definition) is 4. The molecule has 0 saturated heterocycles. The molecule has 3 rings (SSSR count). The molecule has 1 N–H and O–H groups in total. The van der Waals surface area contributed by atoms with Crippen LogP contribution in [-0.2, 0) is 14.3 Å². The quantitative estimate of drug-likeness (QED) is 0.184. The summed E-state index contributed by atoms with van der Waals surface area (Å²) >= 11 is 0. The van der Waals surface area contributed by atoms with Crippen LogP contribution in [0.5, 0.6) is 0 Å². The van der Waals surface area contributed by atoms with Crippen LogP contribution < -0.4 is 0 Å². The average Bonchev–Trinajstić information content (AvgIpc) is 2.84. The van der Waals surface area contributed by atoms with E-state index < -0.39 is 10.1 Å². The van der Waals surface area contributed by atoms with E-state index in [2.05, 4.69) is 39.8 Å². The first-order valence-electron chi connectivity index (χ1n) is 13.4. The molecule has 200 valence electrons. The molecule has 0 atom stereocenters. The molecule has 2 aliphatic rings. The van der Waals surface area contributed by atoms with Crippen molar-refractivity contribution >= 4 is 10.1 Å². The number of rotatable bonds is 11. The normalized spacial score (nSPS) is 16.4. The molecule has 4 nitrogen and oxygen atoms in total. The summed E-state index contributed by atoms with van der Waals surface area (Å²) in [6, 6.07) is 6.75. The average molecular weight is 515 g/mol. The molecule has 0 aliphatic heterocycles. The zero-order valence-corrected chi connectivity index (χ0v) is 23.8. The summed E-state index contributed by atoms with van der Waals surface area (Å²) in [4.78, 5) is 0.231. The minimum absolute atomic E-state index is 0.231. The van der Waals surface area contributed by atoms with Crippen LogP contribution in [0.3, 0.4) is 0 Å². The summed E-state index contributed by atoms with van der Waals surface area (Å²) < 4.78 is 29.2. The van der Waals surface area contributed by atoms with Crippen molar-refractivity contribution in [3.8, 4) is 0 Å². The van der Waals surface area contributed by atoms with E-state index in [1.807, 2.05) is 6.92 Å². The molecule has 2 aliphatic carbocycles. The second-order valence-corrected chi connectivity index (χ2v) is 12.0. The maximum Gasteiger partial charge on any atom is 0.296 e. The third kappa shape index (κ3) is 10.6. The Labute approximate surface area is 220 Å². The lowest BCUT2D eigenvalue weighted by Crippen LogP contribution is -2.07. The van der Waals surface area contributed by atoms with Gasteiger partial charge in [-0.2, -0.15) is 8.42 Å². The van der Waals surface area contributed by atoms with Gasteiger partial charge in [-0.05, 0) is 111 Å². The van der Waals surface area contributed by atoms with Crippen molar-refractivity contribution in [2.45, 2.75) is 104 Å². The van der Waals surface area contributed by atoms with Crippen molar-refractivity contribution in [3.63, 3.8) is 0 Å². The molecule has 0 radical (unpaired) electrons. The Balaban J connectivity index is 0.000000297. The summed E-state index contributed by atoms with van der Waals surface area (Å²) in [5.74, 6) is 0. The maximum atomic E-state index is 12.0. The number of benzene rings is 1. The van der Waals surface area contributed by atoms with Gasteiger partial charge in [0, 0.05) is 6.61 Å². The van der Waals surface area contributed by atoms with Gasteiger partial charge in [0.25, 0.3) is 10.1 Å². The van der Waals surface area contributed by atoms with E-state index in [-0.39, 0.29) is 11.5 Å². The van der Waals surface area contributed by atoms with Crippen molar-refractivity contribution in [2.75, 3.05) is 13.2 Å². The standard InChI is InChI=1S/C19H26O3S.C12H20O/c1-15-7-11-19(12-8-15)23(20,21)22-13-5-4-6-18-10-9-16(2)17(3)14-18;1-10-6-7-12(9-11(10)2)5-3-4-8-13/h7-8,10-12H,4-6,9,13-14H2,1-3H3;7,13H,3-6,8-9H2,1-2H3. The van der Waals surface area contributed by atoms with E-state index in [0.717, 1.165) is 63.4 Å². The lowest BCUT2D eigenvalue weighted by Gasteiger charge is -2.16. The van der Waals surface area contributed by atoms with Gasteiger partial charge < -0.3 is 5.11 Å². The third-order valence-electron chi connectivity index (χ3n) is 7.18. The van der Waals surface area contributed by atoms with Crippen LogP contribution in [0.4, 0.5) is 0 Å². The molecule has 0 saturated carbocycles. The zero-order chi connectivity index (χ0) is 26.6. The largest absolute Gasteiger partial charge is 0.396 e. The highest BCUT2D eigenvalue weighted by molar-refractivity contribution is 7.86. The molecule has 36 heavy (non-hydrogen) atoms. The van der Waals surface area contributed by atoms with E-state index in [1.54, 1.807) is 35.4 Å². The first kappa shape index (κ1) is 30.3. The van der Waals surface area contributed by atoms with Gasteiger partial charge in [-0.3, -0.25) is 4.18 Å². The van der Waals surface area contributed by atoms with Gasteiger partial charge in [-0.1, -0.05) is 63.3 Å². The molecule has 0 heterocycles. The number of aliphatic hydroxyl groups excluding tert-OH is 1. The van der Waals surface area contributed by atoms with Crippen LogP contribution in [0.25, 0.3) is 0 Å². The van der Waals surface area contributed by atoms with Crippen LogP contribution in [0.1, 0.15) is 97.5 Å². The molecule has 5 heteroatoms. The molecule has 0 fully saturated rings. The van der Waals surface area contributed by atoms with E-state index >= 15 is 0 Å². The van der Waals surface area contributed by atoms with Gasteiger partial charge in [0.1, 0.15) is 0 Å². The summed E-state index contributed by atoms with van der Waals surface area (Å²) in [5.41, 5.74) is 10.1.